The summed E-state index contributed by atoms with van der Waals surface area (Å²) in [7, 11) is 3.96. The van der Waals surface area contributed by atoms with Gasteiger partial charge in [-0.15, -0.1) is 0 Å². The largest absolute Gasteiger partial charge is 0.383 e. The molecule has 0 amide bonds. The number of nitrogens with zero attached hydrogens (tertiary/aromatic N) is 4. The number of rotatable bonds is 6. The van der Waals surface area contributed by atoms with Crippen LogP contribution in [0.1, 0.15) is 11.3 Å². The number of thiophene rings is 1. The Hall–Kier alpha value is -3.72. The van der Waals surface area contributed by atoms with E-state index in [1.54, 1.807) is 23.6 Å². The third kappa shape index (κ3) is 3.67. The van der Waals surface area contributed by atoms with Crippen LogP contribution in [0.25, 0.3) is 11.1 Å². The van der Waals surface area contributed by atoms with E-state index in [1.165, 1.54) is 6.33 Å². The summed E-state index contributed by atoms with van der Waals surface area (Å²) in [5, 5.41) is 22.8. The van der Waals surface area contributed by atoms with E-state index in [2.05, 4.69) is 60.5 Å². The predicted molar refractivity (Wildman–Crippen MR) is 118 cm³/mol. The van der Waals surface area contributed by atoms with Gasteiger partial charge in [-0.2, -0.15) is 16.4 Å². The lowest BCUT2D eigenvalue weighted by atomic mass is 10.1. The minimum atomic E-state index is 0.170. The highest BCUT2D eigenvalue weighted by Crippen LogP contribution is 2.34. The predicted octanol–water partition coefficient (Wildman–Crippen LogP) is 3.74. The van der Waals surface area contributed by atoms with Crippen molar-refractivity contribution in [3.63, 3.8) is 0 Å². The zero-order valence-electron chi connectivity index (χ0n) is 16.0. The first-order valence-corrected chi connectivity index (χ1v) is 9.79. The monoisotopic (exact) mass is 404 g/mol. The van der Waals surface area contributed by atoms with E-state index >= 15 is 0 Å². The van der Waals surface area contributed by atoms with Crippen LogP contribution in [0.2, 0.25) is 0 Å². The first kappa shape index (κ1) is 18.6. The summed E-state index contributed by atoms with van der Waals surface area (Å²) in [5.74, 6) is 0.685. The molecule has 1 aromatic carbocycles. The summed E-state index contributed by atoms with van der Waals surface area (Å²) in [4.78, 5) is 10.5. The van der Waals surface area contributed by atoms with Crippen LogP contribution in [0.3, 0.4) is 0 Å². The molecule has 29 heavy (non-hydrogen) atoms. The molecule has 8 nitrogen and oxygen atoms in total. The summed E-state index contributed by atoms with van der Waals surface area (Å²) in [6.07, 6.45) is 2.98. The van der Waals surface area contributed by atoms with Crippen molar-refractivity contribution in [2.45, 2.75) is 0 Å². The number of nitrogens with one attached hydrogen (secondary N) is 3. The molecule has 3 heterocycles. The van der Waals surface area contributed by atoms with Crippen molar-refractivity contribution in [2.75, 3.05) is 30.0 Å². The van der Waals surface area contributed by atoms with Gasteiger partial charge < -0.3 is 16.0 Å². The molecule has 146 valence electrons. The average Bonchev–Trinajstić information content (AvgIpc) is 3.41. The standard InChI is InChI=1S/C20H20N8S/c1-28(2)16-4-3-12(13-6-8-29-10-13)9-15(16)26-20-17(19(22)23-11-24-20)18(21)14-5-7-25-27-14/h3-11,21H,1-2H3,(H,25,27)(H3,22,23,24,26). The summed E-state index contributed by atoms with van der Waals surface area (Å²) in [6, 6.07) is 10.0. The number of aromatic nitrogens is 4. The Balaban J connectivity index is 1.79. The molecule has 4 rings (SSSR count). The number of nitrogens with two attached hydrogens (primary N) is 1. The molecule has 0 saturated carbocycles. The van der Waals surface area contributed by atoms with Crippen LogP contribution >= 0.6 is 11.3 Å². The van der Waals surface area contributed by atoms with Gasteiger partial charge in [-0.3, -0.25) is 10.5 Å². The van der Waals surface area contributed by atoms with Crippen LogP contribution in [-0.2, 0) is 0 Å². The summed E-state index contributed by atoms with van der Waals surface area (Å²) >= 11 is 1.66. The fraction of sp³-hybridized carbons (Fsp3) is 0.100. The number of aromatic amines is 1. The maximum absolute atomic E-state index is 8.55. The molecule has 0 aliphatic heterocycles. The van der Waals surface area contributed by atoms with Gasteiger partial charge in [0.25, 0.3) is 0 Å². The second kappa shape index (κ2) is 7.72. The van der Waals surface area contributed by atoms with Crippen LogP contribution in [0.4, 0.5) is 23.0 Å². The summed E-state index contributed by atoms with van der Waals surface area (Å²) in [5.41, 5.74) is 11.3. The van der Waals surface area contributed by atoms with E-state index in [0.717, 1.165) is 22.5 Å². The van der Waals surface area contributed by atoms with Crippen molar-refractivity contribution in [2.24, 2.45) is 0 Å². The van der Waals surface area contributed by atoms with Gasteiger partial charge in [0.1, 0.15) is 18.0 Å². The summed E-state index contributed by atoms with van der Waals surface area (Å²) in [6.45, 7) is 0. The average molecular weight is 405 g/mol. The Morgan fingerprint density at radius 1 is 1.17 bits per heavy atom. The van der Waals surface area contributed by atoms with Gasteiger partial charge in [0, 0.05) is 20.3 Å². The number of hydrogen-bond acceptors (Lipinski definition) is 8. The Morgan fingerprint density at radius 3 is 2.72 bits per heavy atom. The molecule has 0 saturated heterocycles. The van der Waals surface area contributed by atoms with Crippen molar-refractivity contribution in [1.82, 2.24) is 20.2 Å². The summed E-state index contributed by atoms with van der Waals surface area (Å²) < 4.78 is 0. The van der Waals surface area contributed by atoms with E-state index in [1.807, 2.05) is 19.0 Å². The maximum atomic E-state index is 8.55. The minimum Gasteiger partial charge on any atom is -0.383 e. The Bertz CT molecular complexity index is 1130. The Morgan fingerprint density at radius 2 is 2.03 bits per heavy atom. The van der Waals surface area contributed by atoms with E-state index in [0.29, 0.717) is 17.1 Å². The first-order chi connectivity index (χ1) is 14.0. The zero-order valence-corrected chi connectivity index (χ0v) is 16.8. The molecule has 0 unspecified atom stereocenters. The highest BCUT2D eigenvalue weighted by atomic mass is 32.1. The number of benzene rings is 1. The Kier molecular flexibility index (Phi) is 4.96. The molecule has 0 aliphatic carbocycles. The second-order valence-corrected chi connectivity index (χ2v) is 7.37. The van der Waals surface area contributed by atoms with Gasteiger partial charge in [-0.05, 0) is 46.2 Å². The van der Waals surface area contributed by atoms with E-state index < -0.39 is 0 Å². The minimum absolute atomic E-state index is 0.170. The van der Waals surface area contributed by atoms with E-state index in [4.69, 9.17) is 11.1 Å². The van der Waals surface area contributed by atoms with Gasteiger partial charge in [-0.25, -0.2) is 9.97 Å². The molecule has 0 spiro atoms. The molecule has 0 radical (unpaired) electrons. The SMILES string of the molecule is CN(C)c1ccc(-c2ccsc2)cc1Nc1ncnc(N)c1C(=N)c1ccn[nH]1. The van der Waals surface area contributed by atoms with E-state index in [9.17, 15) is 0 Å². The van der Waals surface area contributed by atoms with Crippen molar-refractivity contribution < 1.29 is 0 Å². The van der Waals surface area contributed by atoms with Crippen LogP contribution in [0.15, 0.2) is 53.6 Å². The van der Waals surface area contributed by atoms with Crippen molar-refractivity contribution in [3.05, 3.63) is 64.9 Å². The van der Waals surface area contributed by atoms with Crippen molar-refractivity contribution in [3.8, 4) is 11.1 Å². The number of hydrogen-bond donors (Lipinski definition) is 4. The molecule has 3 aromatic heterocycles. The molecular weight excluding hydrogens is 384 g/mol. The van der Waals surface area contributed by atoms with E-state index in [-0.39, 0.29) is 11.5 Å². The van der Waals surface area contributed by atoms with Crippen LogP contribution in [0.5, 0.6) is 0 Å². The quantitative estimate of drug-likeness (QED) is 0.364. The van der Waals surface area contributed by atoms with Crippen LogP contribution in [0, 0.1) is 5.41 Å². The second-order valence-electron chi connectivity index (χ2n) is 6.59. The molecular formula is C20H20N8S. The van der Waals surface area contributed by atoms with Gasteiger partial charge in [0.05, 0.1) is 28.3 Å². The molecule has 0 bridgehead atoms. The molecule has 5 N–H and O–H groups in total. The fourth-order valence-electron chi connectivity index (χ4n) is 3.03. The Labute approximate surface area is 172 Å². The highest BCUT2D eigenvalue weighted by Gasteiger charge is 2.19. The molecule has 9 heteroatoms. The topological polar surface area (TPSA) is 120 Å². The van der Waals surface area contributed by atoms with Crippen molar-refractivity contribution >= 4 is 40.1 Å². The van der Waals surface area contributed by atoms with Gasteiger partial charge in [0.15, 0.2) is 0 Å². The molecule has 0 atom stereocenters. The first-order valence-electron chi connectivity index (χ1n) is 8.84. The number of nitrogen functional groups attached to an aromatic ring is 1. The lowest BCUT2D eigenvalue weighted by Crippen LogP contribution is -2.15. The highest BCUT2D eigenvalue weighted by molar-refractivity contribution is 7.08. The van der Waals surface area contributed by atoms with Gasteiger partial charge in [-0.1, -0.05) is 6.07 Å². The van der Waals surface area contributed by atoms with Crippen LogP contribution < -0.4 is 16.0 Å². The van der Waals surface area contributed by atoms with Crippen molar-refractivity contribution in [1.29, 1.82) is 5.41 Å². The molecule has 4 aromatic rings. The van der Waals surface area contributed by atoms with Gasteiger partial charge >= 0.3 is 0 Å². The fourth-order valence-corrected chi connectivity index (χ4v) is 3.70. The number of H-pyrrole nitrogens is 1. The normalized spacial score (nSPS) is 10.7. The third-order valence-corrected chi connectivity index (χ3v) is 5.17. The smallest absolute Gasteiger partial charge is 0.145 e. The molecule has 0 fully saturated rings. The molecule has 0 aliphatic rings. The lowest BCUT2D eigenvalue weighted by molar-refractivity contribution is 1.07. The zero-order chi connectivity index (χ0) is 20.4. The maximum Gasteiger partial charge on any atom is 0.145 e. The lowest BCUT2D eigenvalue weighted by Gasteiger charge is -2.20. The number of anilines is 4. The third-order valence-electron chi connectivity index (χ3n) is 4.48. The van der Waals surface area contributed by atoms with Gasteiger partial charge in [0.2, 0.25) is 0 Å². The van der Waals surface area contributed by atoms with Crippen LogP contribution in [-0.4, -0.2) is 40.0 Å².